The maximum Gasteiger partial charge on any atom is 0.224 e. The first kappa shape index (κ1) is 12.5. The maximum atomic E-state index is 13.4. The molecule has 2 rings (SSSR count). The number of nitrogens with zero attached hydrogens (tertiary/aromatic N) is 1. The molecule has 1 fully saturated rings. The van der Waals surface area contributed by atoms with E-state index in [0.29, 0.717) is 12.1 Å². The molecule has 2 nitrogen and oxygen atoms in total. The van der Waals surface area contributed by atoms with E-state index < -0.39 is 17.5 Å². The lowest BCUT2D eigenvalue weighted by atomic mass is 10.1. The van der Waals surface area contributed by atoms with Crippen molar-refractivity contribution in [1.82, 2.24) is 4.90 Å². The Morgan fingerprint density at radius 2 is 1.94 bits per heavy atom. The summed E-state index contributed by atoms with van der Waals surface area (Å²) in [6.07, 6.45) is 5.39. The highest BCUT2D eigenvalue weighted by molar-refractivity contribution is 5.79. The van der Waals surface area contributed by atoms with Gasteiger partial charge in [0.05, 0.1) is 6.54 Å². The summed E-state index contributed by atoms with van der Waals surface area (Å²) >= 11 is 0. The molecular weight excluding hydrogens is 243 g/mol. The number of likely N-dealkylation sites (tertiary alicyclic amines) is 1. The lowest BCUT2D eigenvalue weighted by Crippen LogP contribution is -2.25. The van der Waals surface area contributed by atoms with Crippen molar-refractivity contribution in [2.24, 2.45) is 5.92 Å². The first-order valence-electron chi connectivity index (χ1n) is 5.38. The van der Waals surface area contributed by atoms with Crippen LogP contribution in [-0.4, -0.2) is 17.4 Å². The van der Waals surface area contributed by atoms with Gasteiger partial charge in [0.15, 0.2) is 0 Å². The topological polar surface area (TPSA) is 20.3 Å². The Balaban J connectivity index is 2.21. The molecular formula is C13H10F3NO. The van der Waals surface area contributed by atoms with Crippen LogP contribution in [0.25, 0.3) is 0 Å². The monoisotopic (exact) mass is 253 g/mol. The Labute approximate surface area is 102 Å². The van der Waals surface area contributed by atoms with Crippen LogP contribution in [0.2, 0.25) is 0 Å². The molecule has 0 bridgehead atoms. The van der Waals surface area contributed by atoms with Crippen LogP contribution in [0, 0.1) is 35.7 Å². The molecule has 0 saturated carbocycles. The second kappa shape index (κ2) is 4.73. The van der Waals surface area contributed by atoms with Gasteiger partial charge in [0.25, 0.3) is 0 Å². The molecule has 0 N–H and O–H groups in total. The Bertz CT molecular complexity index is 513. The van der Waals surface area contributed by atoms with Crippen LogP contribution in [-0.2, 0) is 11.3 Å². The average Bonchev–Trinajstić information content (AvgIpc) is 2.64. The minimum Gasteiger partial charge on any atom is -0.337 e. The van der Waals surface area contributed by atoms with Crippen molar-refractivity contribution in [1.29, 1.82) is 0 Å². The molecule has 1 aliphatic rings. The third-order valence-corrected chi connectivity index (χ3v) is 2.90. The van der Waals surface area contributed by atoms with Crippen LogP contribution in [0.5, 0.6) is 0 Å². The van der Waals surface area contributed by atoms with Crippen LogP contribution < -0.4 is 0 Å². The summed E-state index contributed by atoms with van der Waals surface area (Å²) in [6, 6.07) is 1.19. The summed E-state index contributed by atoms with van der Waals surface area (Å²) < 4.78 is 39.6. The summed E-state index contributed by atoms with van der Waals surface area (Å²) in [7, 11) is 0. The molecule has 5 heteroatoms. The van der Waals surface area contributed by atoms with Gasteiger partial charge in [0, 0.05) is 36.6 Å². The van der Waals surface area contributed by atoms with Crippen LogP contribution in [0.3, 0.4) is 0 Å². The first-order chi connectivity index (χ1) is 8.51. The number of benzene rings is 1. The second-order valence-corrected chi connectivity index (χ2v) is 4.19. The number of carbonyl (C=O) groups excluding carboxylic acids is 1. The molecule has 1 aromatic carbocycles. The number of terminal acetylenes is 1. The van der Waals surface area contributed by atoms with Crippen molar-refractivity contribution in [2.45, 2.75) is 13.0 Å². The van der Waals surface area contributed by atoms with Gasteiger partial charge in [-0.25, -0.2) is 13.2 Å². The zero-order chi connectivity index (χ0) is 13.3. The molecule has 0 aliphatic carbocycles. The molecule has 0 spiro atoms. The van der Waals surface area contributed by atoms with Crippen molar-refractivity contribution in [2.75, 3.05) is 6.54 Å². The Hall–Kier alpha value is -1.96. The Morgan fingerprint density at radius 3 is 2.44 bits per heavy atom. The predicted molar refractivity (Wildman–Crippen MR) is 58.7 cm³/mol. The molecule has 1 saturated heterocycles. The van der Waals surface area contributed by atoms with E-state index in [-0.39, 0.29) is 36.9 Å². The molecule has 94 valence electrons. The molecule has 0 aromatic heterocycles. The molecule has 1 aromatic rings. The smallest absolute Gasteiger partial charge is 0.224 e. The first-order valence-corrected chi connectivity index (χ1v) is 5.38. The number of amides is 1. The van der Waals surface area contributed by atoms with Crippen molar-refractivity contribution >= 4 is 5.91 Å². The second-order valence-electron chi connectivity index (χ2n) is 4.19. The quantitative estimate of drug-likeness (QED) is 0.739. The van der Waals surface area contributed by atoms with Crippen molar-refractivity contribution in [3.8, 4) is 12.3 Å². The molecule has 1 amide bonds. The third kappa shape index (κ3) is 2.33. The summed E-state index contributed by atoms with van der Waals surface area (Å²) in [5.74, 6) is -1.02. The van der Waals surface area contributed by atoms with E-state index in [1.165, 1.54) is 4.90 Å². The van der Waals surface area contributed by atoms with E-state index in [2.05, 4.69) is 5.92 Å². The fourth-order valence-corrected chi connectivity index (χ4v) is 1.95. The molecule has 1 heterocycles. The van der Waals surface area contributed by atoms with Crippen LogP contribution >= 0.6 is 0 Å². The van der Waals surface area contributed by atoms with E-state index >= 15 is 0 Å². The van der Waals surface area contributed by atoms with Crippen LogP contribution in [0.1, 0.15) is 12.0 Å². The van der Waals surface area contributed by atoms with Crippen LogP contribution in [0.4, 0.5) is 13.2 Å². The van der Waals surface area contributed by atoms with E-state index in [0.717, 1.165) is 0 Å². The highest BCUT2D eigenvalue weighted by Crippen LogP contribution is 2.22. The fraction of sp³-hybridized carbons (Fsp3) is 0.308. The maximum absolute atomic E-state index is 13.4. The molecule has 1 unspecified atom stereocenters. The summed E-state index contributed by atoms with van der Waals surface area (Å²) in [4.78, 5) is 12.8. The van der Waals surface area contributed by atoms with E-state index in [4.69, 9.17) is 6.42 Å². The van der Waals surface area contributed by atoms with Gasteiger partial charge in [-0.2, -0.15) is 0 Å². The Kier molecular flexibility index (Phi) is 3.28. The van der Waals surface area contributed by atoms with Gasteiger partial charge < -0.3 is 4.90 Å². The van der Waals surface area contributed by atoms with Gasteiger partial charge in [-0.1, -0.05) is 0 Å². The summed E-state index contributed by atoms with van der Waals surface area (Å²) in [5.41, 5.74) is -0.317. The zero-order valence-electron chi connectivity index (χ0n) is 9.42. The molecule has 0 radical (unpaired) electrons. The highest BCUT2D eigenvalue weighted by Gasteiger charge is 2.29. The van der Waals surface area contributed by atoms with Crippen LogP contribution in [0.15, 0.2) is 12.1 Å². The van der Waals surface area contributed by atoms with Gasteiger partial charge in [-0.3, -0.25) is 4.79 Å². The van der Waals surface area contributed by atoms with Gasteiger partial charge in [0.2, 0.25) is 5.91 Å². The van der Waals surface area contributed by atoms with Gasteiger partial charge in [-0.15, -0.1) is 12.3 Å². The van der Waals surface area contributed by atoms with Crippen molar-refractivity contribution in [3.63, 3.8) is 0 Å². The van der Waals surface area contributed by atoms with E-state index in [9.17, 15) is 18.0 Å². The van der Waals surface area contributed by atoms with Gasteiger partial charge in [0.1, 0.15) is 17.5 Å². The number of hydrogen-bond acceptors (Lipinski definition) is 1. The lowest BCUT2D eigenvalue weighted by Gasteiger charge is -2.16. The third-order valence-electron chi connectivity index (χ3n) is 2.90. The fourth-order valence-electron chi connectivity index (χ4n) is 1.95. The van der Waals surface area contributed by atoms with E-state index in [1.807, 2.05) is 0 Å². The molecule has 1 atom stereocenters. The predicted octanol–water partition coefficient (Wildman–Crippen LogP) is 2.09. The highest BCUT2D eigenvalue weighted by atomic mass is 19.1. The summed E-state index contributed by atoms with van der Waals surface area (Å²) in [6.45, 7) is 0.0422. The standard InChI is InChI=1S/C13H10F3NO/c1-2-8-3-13(18)17(6-8)7-10-11(15)4-9(14)5-12(10)16/h1,4-5,8H,3,6-7H2. The van der Waals surface area contributed by atoms with Crippen molar-refractivity contribution < 1.29 is 18.0 Å². The number of carbonyl (C=O) groups is 1. The van der Waals surface area contributed by atoms with Crippen molar-refractivity contribution in [3.05, 3.63) is 35.1 Å². The lowest BCUT2D eigenvalue weighted by molar-refractivity contribution is -0.128. The molecule has 1 aliphatic heterocycles. The number of halogens is 3. The minimum atomic E-state index is -0.996. The number of hydrogen-bond donors (Lipinski definition) is 0. The largest absolute Gasteiger partial charge is 0.337 e. The van der Waals surface area contributed by atoms with Gasteiger partial charge >= 0.3 is 0 Å². The SMILES string of the molecule is C#CC1CC(=O)N(Cc2c(F)cc(F)cc2F)C1. The zero-order valence-corrected chi connectivity index (χ0v) is 9.42. The average molecular weight is 253 g/mol. The van der Waals surface area contributed by atoms with E-state index in [1.54, 1.807) is 0 Å². The Morgan fingerprint density at radius 1 is 1.33 bits per heavy atom. The normalized spacial score (nSPS) is 19.1. The molecule has 18 heavy (non-hydrogen) atoms. The van der Waals surface area contributed by atoms with Gasteiger partial charge in [-0.05, 0) is 0 Å². The minimum absolute atomic E-state index is 0.181. The summed E-state index contributed by atoms with van der Waals surface area (Å²) in [5, 5.41) is 0. The number of rotatable bonds is 2.